The summed E-state index contributed by atoms with van der Waals surface area (Å²) in [7, 11) is 0. The van der Waals surface area contributed by atoms with Crippen molar-refractivity contribution in [3.05, 3.63) is 0 Å². The molecule has 0 radical (unpaired) electrons. The molecule has 22 heavy (non-hydrogen) atoms. The van der Waals surface area contributed by atoms with Crippen LogP contribution in [0.4, 0.5) is 0 Å². The molecule has 3 heterocycles. The van der Waals surface area contributed by atoms with Crippen LogP contribution in [-0.4, -0.2) is 70.6 Å². The van der Waals surface area contributed by atoms with Gasteiger partial charge in [0.25, 0.3) is 0 Å². The fraction of sp³-hybridized carbons (Fsp3) is 0.941. The minimum Gasteiger partial charge on any atom is -0.481 e. The van der Waals surface area contributed by atoms with Gasteiger partial charge < -0.3 is 5.11 Å². The fourth-order valence-electron chi connectivity index (χ4n) is 5.32. The second kappa shape index (κ2) is 5.99. The Hall–Kier alpha value is -0.260. The van der Waals surface area contributed by atoms with E-state index in [1.54, 1.807) is 0 Å². The molecule has 4 nitrogen and oxygen atoms in total. The van der Waals surface area contributed by atoms with Crippen molar-refractivity contribution in [1.82, 2.24) is 9.80 Å². The zero-order chi connectivity index (χ0) is 15.2. The van der Waals surface area contributed by atoms with Crippen LogP contribution >= 0.6 is 11.8 Å². The summed E-state index contributed by atoms with van der Waals surface area (Å²) in [6.45, 7) is 3.64. The Kier molecular flexibility index (Phi) is 4.16. The van der Waals surface area contributed by atoms with Gasteiger partial charge in [-0.1, -0.05) is 12.8 Å². The number of hydrogen-bond donors (Lipinski definition) is 1. The third-order valence-corrected chi connectivity index (χ3v) is 7.68. The molecule has 0 aromatic heterocycles. The number of carboxylic acid groups (broad SMARTS) is 1. The Balaban J connectivity index is 1.48. The molecular weight excluding hydrogens is 296 g/mol. The van der Waals surface area contributed by atoms with Crippen LogP contribution in [0.25, 0.3) is 0 Å². The van der Waals surface area contributed by atoms with Crippen molar-refractivity contribution in [1.29, 1.82) is 0 Å². The van der Waals surface area contributed by atoms with Crippen molar-refractivity contribution >= 4 is 17.7 Å². The lowest BCUT2D eigenvalue weighted by atomic mass is 9.81. The smallest absolute Gasteiger partial charge is 0.312 e. The third-order valence-electron chi connectivity index (χ3n) is 6.64. The average molecular weight is 324 g/mol. The standard InChI is InChI=1S/C17H28N2O2S/c20-16(21)17-11-18(14-3-1-2-4-14)9-13(17)10-19(12-17)15-5-7-22-8-6-15/h13-15H,1-12H2,(H,20,21)/t13-,17-/m0/s1. The highest BCUT2D eigenvalue weighted by molar-refractivity contribution is 7.99. The van der Waals surface area contributed by atoms with E-state index in [0.29, 0.717) is 18.0 Å². The molecule has 5 heteroatoms. The summed E-state index contributed by atoms with van der Waals surface area (Å²) >= 11 is 2.05. The number of carboxylic acids is 1. The highest BCUT2D eigenvalue weighted by Gasteiger charge is 2.59. The Morgan fingerprint density at radius 2 is 1.50 bits per heavy atom. The van der Waals surface area contributed by atoms with Gasteiger partial charge in [0, 0.05) is 44.2 Å². The molecule has 0 spiro atoms. The van der Waals surface area contributed by atoms with Crippen molar-refractivity contribution in [2.45, 2.75) is 50.6 Å². The van der Waals surface area contributed by atoms with E-state index in [2.05, 4.69) is 21.6 Å². The largest absolute Gasteiger partial charge is 0.481 e. The molecule has 1 N–H and O–H groups in total. The number of nitrogens with zero attached hydrogens (tertiary/aromatic N) is 2. The topological polar surface area (TPSA) is 43.8 Å². The summed E-state index contributed by atoms with van der Waals surface area (Å²) in [6, 6.07) is 1.31. The first-order valence-corrected chi connectivity index (χ1v) is 10.1. The van der Waals surface area contributed by atoms with Crippen LogP contribution in [0.1, 0.15) is 38.5 Å². The minimum absolute atomic E-state index is 0.347. The van der Waals surface area contributed by atoms with Crippen LogP contribution in [0.3, 0.4) is 0 Å². The maximum Gasteiger partial charge on any atom is 0.312 e. The van der Waals surface area contributed by atoms with Crippen LogP contribution < -0.4 is 0 Å². The number of carbonyl (C=O) groups is 1. The van der Waals surface area contributed by atoms with Crippen LogP contribution in [0.5, 0.6) is 0 Å². The number of hydrogen-bond acceptors (Lipinski definition) is 4. The number of likely N-dealkylation sites (tertiary alicyclic amines) is 2. The van der Waals surface area contributed by atoms with E-state index in [-0.39, 0.29) is 0 Å². The highest BCUT2D eigenvalue weighted by Crippen LogP contribution is 2.46. The summed E-state index contributed by atoms with van der Waals surface area (Å²) in [5, 5.41) is 9.99. The Morgan fingerprint density at radius 3 is 2.00 bits per heavy atom. The van der Waals surface area contributed by atoms with Crippen molar-refractivity contribution in [3.8, 4) is 0 Å². The Labute approximate surface area is 137 Å². The molecule has 4 aliphatic rings. The molecule has 2 atom stereocenters. The van der Waals surface area contributed by atoms with E-state index >= 15 is 0 Å². The van der Waals surface area contributed by atoms with Crippen molar-refractivity contribution in [2.75, 3.05) is 37.7 Å². The van der Waals surface area contributed by atoms with Crippen LogP contribution in [0.2, 0.25) is 0 Å². The SMILES string of the molecule is O=C(O)[C@]12CN(C3CCCC3)C[C@H]1CN(C1CCSCC1)C2. The number of rotatable bonds is 3. The maximum atomic E-state index is 12.1. The first kappa shape index (κ1) is 15.3. The van der Waals surface area contributed by atoms with E-state index in [4.69, 9.17) is 0 Å². The lowest BCUT2D eigenvalue weighted by molar-refractivity contribution is -0.149. The van der Waals surface area contributed by atoms with Gasteiger partial charge in [-0.15, -0.1) is 0 Å². The normalized spacial score (nSPS) is 38.6. The first-order chi connectivity index (χ1) is 10.7. The van der Waals surface area contributed by atoms with Crippen molar-refractivity contribution in [3.63, 3.8) is 0 Å². The second-order valence-electron chi connectivity index (χ2n) is 7.80. The third kappa shape index (κ3) is 2.49. The van der Waals surface area contributed by atoms with Crippen LogP contribution in [0.15, 0.2) is 0 Å². The lowest BCUT2D eigenvalue weighted by Gasteiger charge is -2.34. The zero-order valence-electron chi connectivity index (χ0n) is 13.4. The molecule has 1 aliphatic carbocycles. The van der Waals surface area contributed by atoms with E-state index in [9.17, 15) is 9.90 Å². The summed E-state index contributed by atoms with van der Waals surface area (Å²) < 4.78 is 0. The molecule has 3 aliphatic heterocycles. The predicted octanol–water partition coefficient (Wildman–Crippen LogP) is 2.14. The molecule has 124 valence electrons. The number of fused-ring (bicyclic) bond motifs is 1. The summed E-state index contributed by atoms with van der Waals surface area (Å²) in [5.74, 6) is 2.31. The van der Waals surface area contributed by atoms with Gasteiger partial charge in [0.15, 0.2) is 0 Å². The molecule has 3 saturated heterocycles. The van der Waals surface area contributed by atoms with Gasteiger partial charge in [-0.2, -0.15) is 11.8 Å². The first-order valence-electron chi connectivity index (χ1n) is 8.98. The Bertz CT molecular complexity index is 434. The molecular formula is C17H28N2O2S. The maximum absolute atomic E-state index is 12.1. The van der Waals surface area contributed by atoms with E-state index in [0.717, 1.165) is 26.2 Å². The molecule has 0 aromatic carbocycles. The van der Waals surface area contributed by atoms with E-state index in [1.165, 1.54) is 50.0 Å². The fourth-order valence-corrected chi connectivity index (χ4v) is 6.40. The molecule has 4 rings (SSSR count). The quantitative estimate of drug-likeness (QED) is 0.862. The highest BCUT2D eigenvalue weighted by atomic mass is 32.2. The van der Waals surface area contributed by atoms with E-state index < -0.39 is 11.4 Å². The lowest BCUT2D eigenvalue weighted by Crippen LogP contribution is -2.45. The summed E-state index contributed by atoms with van der Waals surface area (Å²) in [6.07, 6.45) is 7.73. The van der Waals surface area contributed by atoms with Gasteiger partial charge in [0.2, 0.25) is 0 Å². The van der Waals surface area contributed by atoms with Gasteiger partial charge in [-0.05, 0) is 37.2 Å². The monoisotopic (exact) mass is 324 g/mol. The number of aliphatic carboxylic acids is 1. The second-order valence-corrected chi connectivity index (χ2v) is 9.02. The number of thioether (sulfide) groups is 1. The van der Waals surface area contributed by atoms with Gasteiger partial charge in [0.1, 0.15) is 0 Å². The predicted molar refractivity (Wildman–Crippen MR) is 89.3 cm³/mol. The molecule has 0 amide bonds. The molecule has 1 saturated carbocycles. The van der Waals surface area contributed by atoms with Gasteiger partial charge in [0.05, 0.1) is 5.41 Å². The average Bonchev–Trinajstić information content (AvgIpc) is 3.22. The van der Waals surface area contributed by atoms with Gasteiger partial charge >= 0.3 is 5.97 Å². The van der Waals surface area contributed by atoms with E-state index in [1.807, 2.05) is 0 Å². The molecule has 0 unspecified atom stereocenters. The Morgan fingerprint density at radius 1 is 0.955 bits per heavy atom. The molecule has 0 aromatic rings. The summed E-state index contributed by atoms with van der Waals surface area (Å²) in [5.41, 5.74) is -0.479. The van der Waals surface area contributed by atoms with Gasteiger partial charge in [-0.3, -0.25) is 14.6 Å². The minimum atomic E-state index is -0.536. The molecule has 0 bridgehead atoms. The molecule has 4 fully saturated rings. The van der Waals surface area contributed by atoms with Crippen LogP contribution in [-0.2, 0) is 4.79 Å². The zero-order valence-corrected chi connectivity index (χ0v) is 14.2. The van der Waals surface area contributed by atoms with Crippen molar-refractivity contribution < 1.29 is 9.90 Å². The summed E-state index contributed by atoms with van der Waals surface area (Å²) in [4.78, 5) is 17.2. The van der Waals surface area contributed by atoms with Crippen molar-refractivity contribution in [2.24, 2.45) is 11.3 Å². The van der Waals surface area contributed by atoms with Gasteiger partial charge in [-0.25, -0.2) is 0 Å². The van der Waals surface area contributed by atoms with Crippen LogP contribution in [0, 0.1) is 11.3 Å².